The van der Waals surface area contributed by atoms with Gasteiger partial charge in [-0.05, 0) is 37.5 Å². The Bertz CT molecular complexity index is 1170. The number of hydrogen-bond donors (Lipinski definition) is 0. The zero-order chi connectivity index (χ0) is 54.6. The Morgan fingerprint density at radius 2 is 0.360 bits per heavy atom. The zero-order valence-electron chi connectivity index (χ0n) is 51.0. The predicted octanol–water partition coefficient (Wildman–Crippen LogP) is 21.7. The van der Waals surface area contributed by atoms with E-state index >= 15 is 0 Å². The maximum Gasteiger partial charge on any atom is 2.00 e. The Balaban J connectivity index is -0.00000136. The summed E-state index contributed by atoms with van der Waals surface area (Å²) < 4.78 is 74.5. The standard InChI is InChI=1S/2C32H66O4S.Ca/c2*1-3-5-7-9-11-12-13-14-15-16-17-18-19-20-21-22-24-26-28-30-32(31-36-37(33,34)35)29-27-25-23-10-8-6-4-2;/h2*32H,3-31H2,1-2H3,(H,33,34,35);/q;;+2/p-2. The van der Waals surface area contributed by atoms with Gasteiger partial charge < -0.3 is 9.11 Å². The van der Waals surface area contributed by atoms with Crippen molar-refractivity contribution in [3.05, 3.63) is 0 Å². The Morgan fingerprint density at radius 3 is 0.480 bits per heavy atom. The van der Waals surface area contributed by atoms with Crippen molar-refractivity contribution in [2.24, 2.45) is 11.8 Å². The maximum atomic E-state index is 10.9. The van der Waals surface area contributed by atoms with Gasteiger partial charge in [0, 0.05) is 0 Å². The summed E-state index contributed by atoms with van der Waals surface area (Å²) in [4.78, 5) is 0. The normalized spacial score (nSPS) is 12.7. The molecule has 0 spiro atoms. The second-order valence-electron chi connectivity index (χ2n) is 23.2. The van der Waals surface area contributed by atoms with Crippen LogP contribution in [0.5, 0.6) is 0 Å². The van der Waals surface area contributed by atoms with Crippen LogP contribution in [0.2, 0.25) is 0 Å². The molecule has 448 valence electrons. The first-order chi connectivity index (χ1) is 36.0. The Hall–Kier alpha value is 1.000. The Labute approximate surface area is 501 Å². The molecule has 0 aliphatic heterocycles. The molecule has 8 nitrogen and oxygen atoms in total. The minimum absolute atomic E-state index is 0. The van der Waals surface area contributed by atoms with Gasteiger partial charge >= 0.3 is 37.7 Å². The number of hydrogen-bond acceptors (Lipinski definition) is 8. The molecule has 0 rings (SSSR count). The summed E-state index contributed by atoms with van der Waals surface area (Å²) in [5.41, 5.74) is 0. The summed E-state index contributed by atoms with van der Waals surface area (Å²) >= 11 is 0. The third-order valence-corrected chi connectivity index (χ3v) is 16.6. The van der Waals surface area contributed by atoms with Crippen LogP contribution >= 0.6 is 0 Å². The average molecular weight is 1130 g/mol. The van der Waals surface area contributed by atoms with E-state index in [2.05, 4.69) is 36.1 Å². The second-order valence-corrected chi connectivity index (χ2v) is 25.3. The molecule has 2 atom stereocenters. The molecule has 0 aromatic heterocycles. The summed E-state index contributed by atoms with van der Waals surface area (Å²) in [6, 6.07) is 0. The minimum atomic E-state index is -4.58. The molecule has 0 saturated heterocycles. The summed E-state index contributed by atoms with van der Waals surface area (Å²) in [5, 5.41) is 0. The maximum absolute atomic E-state index is 10.9. The van der Waals surface area contributed by atoms with Gasteiger partial charge in [0.05, 0.1) is 13.2 Å². The molecule has 75 heavy (non-hydrogen) atoms. The Kier molecular flexibility index (Phi) is 70.4. The average Bonchev–Trinajstić information content (AvgIpc) is 3.37. The van der Waals surface area contributed by atoms with Gasteiger partial charge in [-0.1, -0.05) is 362 Å². The third kappa shape index (κ3) is 75.0. The van der Waals surface area contributed by atoms with Gasteiger partial charge in [-0.15, -0.1) is 0 Å². The van der Waals surface area contributed by atoms with E-state index in [0.717, 1.165) is 51.4 Å². The van der Waals surface area contributed by atoms with Crippen LogP contribution in [-0.2, 0) is 29.2 Å². The van der Waals surface area contributed by atoms with Crippen molar-refractivity contribution in [2.45, 2.75) is 387 Å². The molecule has 0 bridgehead atoms. The van der Waals surface area contributed by atoms with Gasteiger partial charge in [-0.3, -0.25) is 8.37 Å². The Morgan fingerprint density at radius 1 is 0.240 bits per heavy atom. The fourth-order valence-corrected chi connectivity index (χ4v) is 11.5. The molecule has 0 heterocycles. The van der Waals surface area contributed by atoms with Crippen LogP contribution in [0.4, 0.5) is 0 Å². The molecule has 0 aromatic carbocycles. The van der Waals surface area contributed by atoms with Crippen molar-refractivity contribution in [2.75, 3.05) is 13.2 Å². The molecule has 0 N–H and O–H groups in total. The van der Waals surface area contributed by atoms with Gasteiger partial charge in [0.2, 0.25) is 20.8 Å². The van der Waals surface area contributed by atoms with Crippen molar-refractivity contribution in [1.82, 2.24) is 0 Å². The van der Waals surface area contributed by atoms with Gasteiger partial charge in [0.1, 0.15) is 0 Å². The smallest absolute Gasteiger partial charge is 0.726 e. The SMILES string of the molecule is CCCCCCCCCCCCCCCCCCCCCC(CCCCCCCCC)COS(=O)(=O)[O-].CCCCCCCCCCCCCCCCCCCCCC(CCCCCCCCC)COS(=O)(=O)[O-].[Ca+2]. The van der Waals surface area contributed by atoms with Crippen LogP contribution in [0.15, 0.2) is 0 Å². The molecule has 0 amide bonds. The molecular formula is C64H130CaO8S2. The molecule has 0 fully saturated rings. The topological polar surface area (TPSA) is 133 Å². The van der Waals surface area contributed by atoms with E-state index in [1.807, 2.05) is 0 Å². The minimum Gasteiger partial charge on any atom is -0.726 e. The van der Waals surface area contributed by atoms with Crippen LogP contribution in [-0.4, -0.2) is 76.9 Å². The fraction of sp³-hybridized carbons (Fsp3) is 1.00. The van der Waals surface area contributed by atoms with E-state index in [1.165, 1.54) is 308 Å². The van der Waals surface area contributed by atoms with Crippen molar-refractivity contribution in [3.8, 4) is 0 Å². The van der Waals surface area contributed by atoms with Crippen molar-refractivity contribution in [1.29, 1.82) is 0 Å². The first-order valence-corrected chi connectivity index (χ1v) is 35.9. The second kappa shape index (κ2) is 65.8. The van der Waals surface area contributed by atoms with E-state index in [9.17, 15) is 25.9 Å². The summed E-state index contributed by atoms with van der Waals surface area (Å²) in [6.45, 7) is 9.17. The molecule has 0 radical (unpaired) electrons. The van der Waals surface area contributed by atoms with E-state index < -0.39 is 20.8 Å². The van der Waals surface area contributed by atoms with E-state index in [1.54, 1.807) is 0 Å². The third-order valence-electron chi connectivity index (χ3n) is 15.8. The molecule has 0 saturated carbocycles. The molecule has 0 aliphatic carbocycles. The largest absolute Gasteiger partial charge is 2.00 e. The van der Waals surface area contributed by atoms with Crippen LogP contribution in [0, 0.1) is 11.8 Å². The van der Waals surface area contributed by atoms with Crippen molar-refractivity contribution >= 4 is 58.5 Å². The number of unbranched alkanes of at least 4 members (excludes halogenated alkanes) is 48. The first kappa shape index (κ1) is 80.2. The summed E-state index contributed by atoms with van der Waals surface area (Å²) in [6.07, 6.45) is 73.6. The first-order valence-electron chi connectivity index (χ1n) is 33.2. The van der Waals surface area contributed by atoms with E-state index in [0.29, 0.717) is 0 Å². The number of rotatable bonds is 62. The van der Waals surface area contributed by atoms with Crippen LogP contribution in [0.1, 0.15) is 387 Å². The van der Waals surface area contributed by atoms with Gasteiger partial charge in [0.15, 0.2) is 0 Å². The summed E-state index contributed by atoms with van der Waals surface area (Å²) in [5.74, 6) is 0.398. The van der Waals surface area contributed by atoms with Gasteiger partial charge in [-0.25, -0.2) is 16.8 Å². The van der Waals surface area contributed by atoms with Crippen LogP contribution in [0.25, 0.3) is 0 Å². The van der Waals surface area contributed by atoms with Gasteiger partial charge in [0.25, 0.3) is 0 Å². The summed E-state index contributed by atoms with van der Waals surface area (Å²) in [7, 11) is -9.16. The van der Waals surface area contributed by atoms with Crippen molar-refractivity contribution in [3.63, 3.8) is 0 Å². The monoisotopic (exact) mass is 1130 g/mol. The van der Waals surface area contributed by atoms with Crippen LogP contribution < -0.4 is 0 Å². The van der Waals surface area contributed by atoms with Gasteiger partial charge in [-0.2, -0.15) is 0 Å². The van der Waals surface area contributed by atoms with Crippen LogP contribution in [0.3, 0.4) is 0 Å². The fourth-order valence-electron chi connectivity index (χ4n) is 10.8. The quantitative estimate of drug-likeness (QED) is 0.0254. The van der Waals surface area contributed by atoms with Crippen molar-refractivity contribution < 1.29 is 34.3 Å². The molecule has 0 aromatic rings. The molecule has 11 heteroatoms. The molecule has 0 aliphatic rings. The predicted molar refractivity (Wildman–Crippen MR) is 325 cm³/mol. The van der Waals surface area contributed by atoms with E-state index in [4.69, 9.17) is 0 Å². The van der Waals surface area contributed by atoms with E-state index in [-0.39, 0.29) is 62.8 Å². The molecular weight excluding hydrogens is 1000 g/mol. The zero-order valence-corrected chi connectivity index (χ0v) is 54.8. The molecule has 2 unspecified atom stereocenters.